The maximum absolute atomic E-state index is 11.9. The minimum absolute atomic E-state index is 0.176. The van der Waals surface area contributed by atoms with Gasteiger partial charge in [0.1, 0.15) is 5.75 Å². The number of hydrazine groups is 1. The molecule has 0 unspecified atom stereocenters. The predicted octanol–water partition coefficient (Wildman–Crippen LogP) is 3.51. The van der Waals surface area contributed by atoms with E-state index in [1.54, 1.807) is 6.20 Å². The molecule has 0 saturated carbocycles. The van der Waals surface area contributed by atoms with Crippen molar-refractivity contribution in [1.29, 1.82) is 0 Å². The van der Waals surface area contributed by atoms with Gasteiger partial charge in [-0.1, -0.05) is 48.5 Å². The molecule has 156 valence electrons. The van der Waals surface area contributed by atoms with Crippen molar-refractivity contribution in [3.05, 3.63) is 71.7 Å². The van der Waals surface area contributed by atoms with Crippen LogP contribution in [0.5, 0.6) is 5.75 Å². The van der Waals surface area contributed by atoms with Crippen molar-refractivity contribution >= 4 is 11.8 Å². The Balaban J connectivity index is 1.35. The highest BCUT2D eigenvalue weighted by molar-refractivity contribution is 5.82. The first-order valence-electron chi connectivity index (χ1n) is 9.80. The van der Waals surface area contributed by atoms with Crippen molar-refractivity contribution in [2.75, 3.05) is 6.61 Å². The largest absolute Gasteiger partial charge is 0.483 e. The highest BCUT2D eigenvalue weighted by Gasteiger charge is 2.10. The number of aryl methyl sites for hydroxylation is 3. The molecule has 0 bridgehead atoms. The number of rotatable bonds is 8. The molecule has 1 aromatic heterocycles. The fraction of sp³-hybridized carbons (Fsp3) is 0.261. The quantitative estimate of drug-likeness (QED) is 0.558. The molecule has 1 heterocycles. The molecule has 3 rings (SSSR count). The molecule has 0 radical (unpaired) electrons. The molecule has 7 heteroatoms. The Bertz CT molecular complexity index is 978. The molecule has 0 saturated heterocycles. The van der Waals surface area contributed by atoms with E-state index < -0.39 is 5.91 Å². The summed E-state index contributed by atoms with van der Waals surface area (Å²) >= 11 is 0. The van der Waals surface area contributed by atoms with Crippen LogP contribution in [-0.4, -0.2) is 23.4 Å². The number of amides is 2. The third-order valence-electron chi connectivity index (χ3n) is 4.50. The molecule has 0 aliphatic rings. The van der Waals surface area contributed by atoms with Gasteiger partial charge >= 0.3 is 0 Å². The average Bonchev–Trinajstić information content (AvgIpc) is 3.21. The van der Waals surface area contributed by atoms with Crippen molar-refractivity contribution in [3.8, 4) is 17.1 Å². The lowest BCUT2D eigenvalue weighted by atomic mass is 10.1. The number of para-hydroxylation sites is 1. The van der Waals surface area contributed by atoms with E-state index in [2.05, 4.69) is 15.8 Å². The molecule has 0 aliphatic heterocycles. The highest BCUT2D eigenvalue weighted by Crippen LogP contribution is 2.22. The van der Waals surface area contributed by atoms with Gasteiger partial charge in [0.05, 0.1) is 6.20 Å². The Hall–Kier alpha value is -3.61. The summed E-state index contributed by atoms with van der Waals surface area (Å²) in [5.74, 6) is 1.25. The summed E-state index contributed by atoms with van der Waals surface area (Å²) in [4.78, 5) is 28.1. The van der Waals surface area contributed by atoms with E-state index in [1.807, 2.05) is 62.4 Å². The smallest absolute Gasteiger partial charge is 0.276 e. The van der Waals surface area contributed by atoms with Crippen LogP contribution in [0.4, 0.5) is 0 Å². The lowest BCUT2D eigenvalue weighted by molar-refractivity contribution is -0.130. The summed E-state index contributed by atoms with van der Waals surface area (Å²) in [6.07, 6.45) is 3.00. The summed E-state index contributed by atoms with van der Waals surface area (Å²) in [7, 11) is 0. The van der Waals surface area contributed by atoms with Crippen molar-refractivity contribution in [2.24, 2.45) is 0 Å². The van der Waals surface area contributed by atoms with Crippen molar-refractivity contribution in [1.82, 2.24) is 15.8 Å². The van der Waals surface area contributed by atoms with E-state index in [4.69, 9.17) is 9.15 Å². The third kappa shape index (κ3) is 5.94. The fourth-order valence-electron chi connectivity index (χ4n) is 2.96. The maximum atomic E-state index is 11.9. The van der Waals surface area contributed by atoms with Gasteiger partial charge < -0.3 is 9.15 Å². The molecule has 2 aromatic carbocycles. The summed E-state index contributed by atoms with van der Waals surface area (Å²) in [5, 5.41) is 0. The number of hydrogen-bond donors (Lipinski definition) is 2. The molecule has 0 atom stereocenters. The Kier molecular flexibility index (Phi) is 7.21. The number of carbonyl (C=O) groups is 2. The number of oxazole rings is 1. The minimum Gasteiger partial charge on any atom is -0.483 e. The SMILES string of the molecule is Cc1cccc(C)c1OCC(=O)NNC(=O)CCCc1ncc(-c2ccccc2)o1. The minimum atomic E-state index is -0.425. The standard InChI is InChI=1S/C23H25N3O4/c1-16-8-6-9-17(2)23(16)29-15-21(28)26-25-20(27)12-7-13-22-24-14-19(30-22)18-10-4-3-5-11-18/h3-6,8-11,14H,7,12-13,15H2,1-2H3,(H,25,27)(H,26,28). The second kappa shape index (κ2) is 10.2. The molecular weight excluding hydrogens is 382 g/mol. The number of aromatic nitrogens is 1. The molecule has 0 fully saturated rings. The number of ether oxygens (including phenoxy) is 1. The molecular formula is C23H25N3O4. The Morgan fingerprint density at radius 3 is 2.40 bits per heavy atom. The first-order chi connectivity index (χ1) is 14.5. The molecule has 3 aromatic rings. The topological polar surface area (TPSA) is 93.5 Å². The van der Waals surface area contributed by atoms with Gasteiger partial charge in [0.2, 0.25) is 5.91 Å². The normalized spacial score (nSPS) is 10.5. The number of benzene rings is 2. The number of hydrogen-bond acceptors (Lipinski definition) is 5. The lowest BCUT2D eigenvalue weighted by Gasteiger charge is -2.12. The summed E-state index contributed by atoms with van der Waals surface area (Å²) < 4.78 is 11.3. The number of nitrogens with one attached hydrogen (secondary N) is 2. The van der Waals surface area contributed by atoms with Crippen molar-refractivity contribution < 1.29 is 18.7 Å². The van der Waals surface area contributed by atoms with Crippen LogP contribution < -0.4 is 15.6 Å². The van der Waals surface area contributed by atoms with Crippen LogP contribution in [0.25, 0.3) is 11.3 Å². The zero-order valence-electron chi connectivity index (χ0n) is 17.1. The van der Waals surface area contributed by atoms with E-state index in [-0.39, 0.29) is 18.9 Å². The highest BCUT2D eigenvalue weighted by atomic mass is 16.5. The van der Waals surface area contributed by atoms with Crippen molar-refractivity contribution in [3.63, 3.8) is 0 Å². The second-order valence-electron chi connectivity index (χ2n) is 6.94. The fourth-order valence-corrected chi connectivity index (χ4v) is 2.96. The van der Waals surface area contributed by atoms with Gasteiger partial charge in [-0.15, -0.1) is 0 Å². The van der Waals surface area contributed by atoms with Crippen LogP contribution in [0.3, 0.4) is 0 Å². The second-order valence-corrected chi connectivity index (χ2v) is 6.94. The maximum Gasteiger partial charge on any atom is 0.276 e. The Morgan fingerprint density at radius 1 is 0.967 bits per heavy atom. The van der Waals surface area contributed by atoms with Gasteiger partial charge in [-0.3, -0.25) is 20.4 Å². The molecule has 2 amide bonds. The monoisotopic (exact) mass is 407 g/mol. The van der Waals surface area contributed by atoms with Crippen molar-refractivity contribution in [2.45, 2.75) is 33.1 Å². The van der Waals surface area contributed by atoms with Gasteiger partial charge in [-0.05, 0) is 31.4 Å². The molecule has 0 spiro atoms. The number of nitrogens with zero attached hydrogens (tertiary/aromatic N) is 1. The zero-order chi connectivity index (χ0) is 21.3. The van der Waals surface area contributed by atoms with Gasteiger partial charge in [-0.25, -0.2) is 4.98 Å². The number of carbonyl (C=O) groups excluding carboxylic acids is 2. The molecule has 30 heavy (non-hydrogen) atoms. The van der Waals surface area contributed by atoms with Gasteiger partial charge in [0, 0.05) is 18.4 Å². The van der Waals surface area contributed by atoms with E-state index in [0.717, 1.165) is 16.7 Å². The van der Waals surface area contributed by atoms with Crippen LogP contribution in [0.1, 0.15) is 29.9 Å². The van der Waals surface area contributed by atoms with E-state index in [1.165, 1.54) is 0 Å². The summed E-state index contributed by atoms with van der Waals surface area (Å²) in [6, 6.07) is 15.5. The van der Waals surface area contributed by atoms with Crippen LogP contribution in [-0.2, 0) is 16.0 Å². The molecule has 7 nitrogen and oxygen atoms in total. The summed E-state index contributed by atoms with van der Waals surface area (Å²) in [5.41, 5.74) is 7.62. The molecule has 0 aliphatic carbocycles. The predicted molar refractivity (Wildman–Crippen MR) is 113 cm³/mol. The van der Waals surface area contributed by atoms with Gasteiger partial charge in [0.15, 0.2) is 18.3 Å². The summed E-state index contributed by atoms with van der Waals surface area (Å²) in [6.45, 7) is 3.65. The first-order valence-corrected chi connectivity index (χ1v) is 9.80. The van der Waals surface area contributed by atoms with Gasteiger partial charge in [0.25, 0.3) is 5.91 Å². The Morgan fingerprint density at radius 2 is 1.67 bits per heavy atom. The van der Waals surface area contributed by atoms with E-state index in [0.29, 0.717) is 30.2 Å². The van der Waals surface area contributed by atoms with E-state index >= 15 is 0 Å². The average molecular weight is 407 g/mol. The zero-order valence-corrected chi connectivity index (χ0v) is 17.1. The lowest BCUT2D eigenvalue weighted by Crippen LogP contribution is -2.43. The van der Waals surface area contributed by atoms with Gasteiger partial charge in [-0.2, -0.15) is 0 Å². The molecule has 2 N–H and O–H groups in total. The van der Waals surface area contributed by atoms with Crippen LogP contribution in [0.15, 0.2) is 59.1 Å². The first kappa shape index (κ1) is 21.1. The van der Waals surface area contributed by atoms with Crippen LogP contribution in [0, 0.1) is 13.8 Å². The van der Waals surface area contributed by atoms with Crippen LogP contribution in [0.2, 0.25) is 0 Å². The Labute approximate surface area is 175 Å². The van der Waals surface area contributed by atoms with E-state index in [9.17, 15) is 9.59 Å². The van der Waals surface area contributed by atoms with Crippen LogP contribution >= 0.6 is 0 Å². The third-order valence-corrected chi connectivity index (χ3v) is 4.50.